The Morgan fingerprint density at radius 3 is 2.69 bits per heavy atom. The smallest absolute Gasteiger partial charge is 0.226 e. The molecule has 1 aliphatic carbocycles. The highest BCUT2D eigenvalue weighted by Crippen LogP contribution is 2.27. The van der Waals surface area contributed by atoms with Crippen LogP contribution in [0.2, 0.25) is 0 Å². The van der Waals surface area contributed by atoms with Gasteiger partial charge in [0, 0.05) is 39.2 Å². The van der Waals surface area contributed by atoms with E-state index in [1.165, 1.54) is 38.6 Å². The van der Waals surface area contributed by atoms with Crippen LogP contribution in [0.1, 0.15) is 70.1 Å². The molecule has 3 heterocycles. The quantitative estimate of drug-likeness (QED) is 0.790. The molecule has 7 heteroatoms. The average Bonchev–Trinajstić information content (AvgIpc) is 3.35. The molecule has 1 aromatic heterocycles. The summed E-state index contributed by atoms with van der Waals surface area (Å²) in [7, 11) is 0. The Hall–Kier alpha value is -1.47. The van der Waals surface area contributed by atoms with Crippen LogP contribution in [0.25, 0.3) is 0 Å². The van der Waals surface area contributed by atoms with Gasteiger partial charge in [-0.05, 0) is 31.1 Å². The summed E-state index contributed by atoms with van der Waals surface area (Å²) in [5.74, 6) is 3.16. The zero-order valence-corrected chi connectivity index (χ0v) is 18.1. The van der Waals surface area contributed by atoms with Crippen molar-refractivity contribution in [2.75, 3.05) is 32.8 Å². The van der Waals surface area contributed by atoms with E-state index in [4.69, 9.17) is 4.74 Å². The van der Waals surface area contributed by atoms with Crippen molar-refractivity contribution in [1.82, 2.24) is 25.0 Å². The molecule has 1 saturated heterocycles. The van der Waals surface area contributed by atoms with Crippen molar-refractivity contribution in [1.29, 1.82) is 0 Å². The number of hydrogen-bond acceptors (Lipinski definition) is 5. The second-order valence-corrected chi connectivity index (χ2v) is 9.47. The maximum Gasteiger partial charge on any atom is 0.226 e. The molecule has 0 bridgehead atoms. The Labute approximate surface area is 174 Å². The minimum Gasteiger partial charge on any atom is -0.381 e. The third-order valence-electron chi connectivity index (χ3n) is 6.93. The predicted octanol–water partition coefficient (Wildman–Crippen LogP) is 2.57. The van der Waals surface area contributed by atoms with E-state index in [0.717, 1.165) is 50.0 Å². The van der Waals surface area contributed by atoms with Crippen LogP contribution in [0.5, 0.6) is 0 Å². The maximum atomic E-state index is 12.7. The number of nitrogens with zero attached hydrogens (tertiary/aromatic N) is 4. The van der Waals surface area contributed by atoms with Crippen LogP contribution in [0, 0.1) is 17.8 Å². The lowest BCUT2D eigenvalue weighted by Crippen LogP contribution is -2.38. The summed E-state index contributed by atoms with van der Waals surface area (Å²) in [5, 5.41) is 12.3. The SMILES string of the molecule is CC(C)[C@H](NC(=O)[C@H]1CCOC1)c1nnc2n1CCN(CC1CCCCC1)CC2. The van der Waals surface area contributed by atoms with Crippen molar-refractivity contribution >= 4 is 5.91 Å². The van der Waals surface area contributed by atoms with E-state index < -0.39 is 0 Å². The van der Waals surface area contributed by atoms with Crippen LogP contribution in [0.3, 0.4) is 0 Å². The van der Waals surface area contributed by atoms with E-state index in [0.29, 0.717) is 13.2 Å². The van der Waals surface area contributed by atoms with Crippen molar-refractivity contribution in [2.24, 2.45) is 17.8 Å². The van der Waals surface area contributed by atoms with Gasteiger partial charge in [0.1, 0.15) is 5.82 Å². The first-order valence-corrected chi connectivity index (χ1v) is 11.6. The third kappa shape index (κ3) is 5.00. The molecular weight excluding hydrogens is 366 g/mol. The van der Waals surface area contributed by atoms with Gasteiger partial charge in [0.05, 0.1) is 18.6 Å². The van der Waals surface area contributed by atoms with Gasteiger partial charge in [-0.15, -0.1) is 10.2 Å². The van der Waals surface area contributed by atoms with Gasteiger partial charge in [0.25, 0.3) is 0 Å². The molecule has 4 rings (SSSR count). The zero-order chi connectivity index (χ0) is 20.2. The first-order valence-electron chi connectivity index (χ1n) is 11.6. The largest absolute Gasteiger partial charge is 0.381 e. The molecule has 1 aromatic rings. The molecule has 1 N–H and O–H groups in total. The maximum absolute atomic E-state index is 12.7. The standard InChI is InChI=1S/C22H37N5O2/c1-16(2)20(23-22(28)18-9-13-29-15-18)21-25-24-19-8-10-26(11-12-27(19)21)14-17-6-4-3-5-7-17/h16-18,20H,3-15H2,1-2H3,(H,23,28)/t18-,20-/m0/s1. The van der Waals surface area contributed by atoms with Crippen molar-refractivity contribution in [3.05, 3.63) is 11.6 Å². The van der Waals surface area contributed by atoms with Gasteiger partial charge in [0.2, 0.25) is 5.91 Å². The van der Waals surface area contributed by atoms with Crippen molar-refractivity contribution in [3.8, 4) is 0 Å². The molecule has 0 aromatic carbocycles. The normalized spacial score (nSPS) is 25.0. The molecule has 2 atom stereocenters. The molecule has 0 radical (unpaired) electrons. The summed E-state index contributed by atoms with van der Waals surface area (Å²) in [6, 6.07) is -0.103. The molecule has 3 aliphatic rings. The number of fused-ring (bicyclic) bond motifs is 1. The second-order valence-electron chi connectivity index (χ2n) is 9.47. The summed E-state index contributed by atoms with van der Waals surface area (Å²) in [6.45, 7) is 9.74. The van der Waals surface area contributed by atoms with Gasteiger partial charge in [-0.25, -0.2) is 0 Å². The number of hydrogen-bond donors (Lipinski definition) is 1. The average molecular weight is 404 g/mol. The van der Waals surface area contributed by atoms with Crippen LogP contribution >= 0.6 is 0 Å². The first kappa shape index (κ1) is 20.8. The van der Waals surface area contributed by atoms with E-state index in [2.05, 4.69) is 38.8 Å². The fourth-order valence-electron chi connectivity index (χ4n) is 5.08. The summed E-state index contributed by atoms with van der Waals surface area (Å²) in [5.41, 5.74) is 0. The summed E-state index contributed by atoms with van der Waals surface area (Å²) < 4.78 is 7.67. The van der Waals surface area contributed by atoms with Gasteiger partial charge in [-0.3, -0.25) is 4.79 Å². The minimum atomic E-state index is -0.103. The molecule has 1 amide bonds. The Bertz CT molecular complexity index is 677. The Balaban J connectivity index is 1.42. The van der Waals surface area contributed by atoms with Crippen LogP contribution in [-0.4, -0.2) is 58.4 Å². The number of rotatable bonds is 6. The fraction of sp³-hybridized carbons (Fsp3) is 0.864. The van der Waals surface area contributed by atoms with E-state index in [1.54, 1.807) is 0 Å². The first-order chi connectivity index (χ1) is 14.1. The monoisotopic (exact) mass is 403 g/mol. The van der Waals surface area contributed by atoms with Gasteiger partial charge in [-0.1, -0.05) is 33.1 Å². The minimum absolute atomic E-state index is 0.0336. The topological polar surface area (TPSA) is 72.3 Å². The van der Waals surface area contributed by atoms with Crippen molar-refractivity contribution in [3.63, 3.8) is 0 Å². The number of ether oxygens (including phenoxy) is 1. The van der Waals surface area contributed by atoms with Crippen LogP contribution in [-0.2, 0) is 22.5 Å². The van der Waals surface area contributed by atoms with Gasteiger partial charge in [-0.2, -0.15) is 0 Å². The molecule has 2 fully saturated rings. The van der Waals surface area contributed by atoms with Crippen molar-refractivity contribution < 1.29 is 9.53 Å². The number of amides is 1. The highest BCUT2D eigenvalue weighted by Gasteiger charge is 2.31. The number of carbonyl (C=O) groups excluding carboxylic acids is 1. The van der Waals surface area contributed by atoms with E-state index >= 15 is 0 Å². The van der Waals surface area contributed by atoms with Crippen LogP contribution in [0.15, 0.2) is 0 Å². The van der Waals surface area contributed by atoms with Crippen LogP contribution < -0.4 is 5.32 Å². The highest BCUT2D eigenvalue weighted by molar-refractivity contribution is 5.79. The number of aromatic nitrogens is 3. The molecule has 162 valence electrons. The molecule has 7 nitrogen and oxygen atoms in total. The summed E-state index contributed by atoms with van der Waals surface area (Å²) >= 11 is 0. The number of carbonyl (C=O) groups is 1. The molecule has 0 unspecified atom stereocenters. The molecular formula is C22H37N5O2. The van der Waals surface area contributed by atoms with Gasteiger partial charge >= 0.3 is 0 Å². The predicted molar refractivity (Wildman–Crippen MR) is 111 cm³/mol. The molecule has 2 aliphatic heterocycles. The molecule has 1 saturated carbocycles. The summed E-state index contributed by atoms with van der Waals surface area (Å²) in [6.07, 6.45) is 8.74. The lowest BCUT2D eigenvalue weighted by molar-refractivity contribution is -0.126. The Morgan fingerprint density at radius 1 is 1.14 bits per heavy atom. The molecule has 29 heavy (non-hydrogen) atoms. The fourth-order valence-corrected chi connectivity index (χ4v) is 5.08. The second kappa shape index (κ2) is 9.56. The lowest BCUT2D eigenvalue weighted by Gasteiger charge is -2.28. The van der Waals surface area contributed by atoms with Gasteiger partial charge < -0.3 is 19.5 Å². The van der Waals surface area contributed by atoms with Crippen LogP contribution in [0.4, 0.5) is 0 Å². The molecule has 0 spiro atoms. The lowest BCUT2D eigenvalue weighted by atomic mass is 9.89. The van der Waals surface area contributed by atoms with Crippen molar-refractivity contribution in [2.45, 2.75) is 71.4 Å². The Kier molecular flexibility index (Phi) is 6.85. The van der Waals surface area contributed by atoms with E-state index in [1.807, 2.05) is 0 Å². The third-order valence-corrected chi connectivity index (χ3v) is 6.93. The van der Waals surface area contributed by atoms with Gasteiger partial charge in [0.15, 0.2) is 5.82 Å². The Morgan fingerprint density at radius 2 is 1.97 bits per heavy atom. The van der Waals surface area contributed by atoms with E-state index in [-0.39, 0.29) is 23.8 Å². The number of nitrogens with one attached hydrogen (secondary N) is 1. The zero-order valence-electron chi connectivity index (χ0n) is 18.1. The highest BCUT2D eigenvalue weighted by atomic mass is 16.5. The van der Waals surface area contributed by atoms with E-state index in [9.17, 15) is 4.79 Å². The summed E-state index contributed by atoms with van der Waals surface area (Å²) in [4.78, 5) is 15.3.